The van der Waals surface area contributed by atoms with Gasteiger partial charge < -0.3 is 14.2 Å². The van der Waals surface area contributed by atoms with Crippen molar-refractivity contribution in [2.24, 2.45) is 10.9 Å². The second-order valence-corrected chi connectivity index (χ2v) is 8.46. The highest BCUT2D eigenvalue weighted by atomic mass is 79.9. The highest BCUT2D eigenvalue weighted by Crippen LogP contribution is 2.47. The molecule has 2 atom stereocenters. The number of hydrogen-bond donors (Lipinski definition) is 0. The molecule has 0 N–H and O–H groups in total. The predicted molar refractivity (Wildman–Crippen MR) is 127 cm³/mol. The van der Waals surface area contributed by atoms with Gasteiger partial charge in [0.25, 0.3) is 5.69 Å². The van der Waals surface area contributed by atoms with Crippen LogP contribution in [-0.4, -0.2) is 53.9 Å². The molecule has 0 fully saturated rings. The van der Waals surface area contributed by atoms with Crippen LogP contribution in [0.4, 0.5) is 18.9 Å². The second-order valence-electron chi connectivity index (χ2n) is 7.66. The molecule has 13 heteroatoms. The number of allylic oxidation sites excluding steroid dienone is 1. The number of esters is 2. The monoisotopic (exact) mass is 578 g/mol. The number of ether oxygens (including phenoxy) is 3. The van der Waals surface area contributed by atoms with E-state index in [0.717, 1.165) is 18.6 Å². The van der Waals surface area contributed by atoms with E-state index in [1.165, 1.54) is 26.8 Å². The number of nitro groups is 1. The Morgan fingerprint density at radius 2 is 1.83 bits per heavy atom. The van der Waals surface area contributed by atoms with E-state index in [2.05, 4.69) is 20.9 Å². The minimum Gasteiger partial charge on any atom is -0.493 e. The first-order valence-electron chi connectivity index (χ1n) is 11.1. The molecule has 0 spiro atoms. The zero-order chi connectivity index (χ0) is 27.0. The first kappa shape index (κ1) is 29.3. The predicted octanol–water partition coefficient (Wildman–Crippen LogP) is 5.27. The van der Waals surface area contributed by atoms with Crippen LogP contribution in [0.3, 0.4) is 0 Å². The van der Waals surface area contributed by atoms with Crippen molar-refractivity contribution in [1.29, 1.82) is 0 Å². The summed E-state index contributed by atoms with van der Waals surface area (Å²) in [6, 6.07) is 3.37. The Balaban J connectivity index is 2.88. The van der Waals surface area contributed by atoms with Gasteiger partial charge in [0.15, 0.2) is 5.70 Å². The van der Waals surface area contributed by atoms with Crippen LogP contribution < -0.4 is 4.74 Å². The number of benzene rings is 1. The first-order chi connectivity index (χ1) is 17.0. The van der Waals surface area contributed by atoms with Crippen molar-refractivity contribution in [3.8, 4) is 5.75 Å². The van der Waals surface area contributed by atoms with E-state index in [9.17, 15) is 32.9 Å². The van der Waals surface area contributed by atoms with Gasteiger partial charge in [0.1, 0.15) is 11.7 Å². The summed E-state index contributed by atoms with van der Waals surface area (Å²) in [5, 5.41) is 12.2. The molecule has 0 amide bonds. The standard InChI is InChI=1S/C23H26BrF3N2O7/c1-4-34-21(30)17-13(3)28-20(23(25,26)27)19(22(31)35-5-2)18(17)15-12-14(29(32)33)8-9-16(15)36-11-7-6-10-24/h8-9,12,17-18H,4-7,10-11H2,1-3H3. The Morgan fingerprint density at radius 1 is 1.17 bits per heavy atom. The van der Waals surface area contributed by atoms with Gasteiger partial charge in [0.2, 0.25) is 0 Å². The maximum absolute atomic E-state index is 14.1. The van der Waals surface area contributed by atoms with E-state index in [1.54, 1.807) is 0 Å². The molecule has 1 aromatic rings. The van der Waals surface area contributed by atoms with Gasteiger partial charge in [-0.1, -0.05) is 15.9 Å². The molecule has 0 bridgehead atoms. The van der Waals surface area contributed by atoms with Gasteiger partial charge in [0, 0.05) is 34.7 Å². The Hall–Kier alpha value is -2.96. The molecular formula is C23H26BrF3N2O7. The summed E-state index contributed by atoms with van der Waals surface area (Å²) < 4.78 is 58.0. The molecule has 1 aliphatic heterocycles. The summed E-state index contributed by atoms with van der Waals surface area (Å²) in [6.07, 6.45) is -3.78. The van der Waals surface area contributed by atoms with E-state index in [1.807, 2.05) is 0 Å². The largest absolute Gasteiger partial charge is 0.493 e. The van der Waals surface area contributed by atoms with Crippen molar-refractivity contribution < 1.29 is 41.9 Å². The van der Waals surface area contributed by atoms with Crippen LogP contribution >= 0.6 is 15.9 Å². The van der Waals surface area contributed by atoms with Gasteiger partial charge in [-0.15, -0.1) is 0 Å². The van der Waals surface area contributed by atoms with Gasteiger partial charge in [-0.25, -0.2) is 4.79 Å². The molecule has 0 radical (unpaired) electrons. The molecular weight excluding hydrogens is 553 g/mol. The fourth-order valence-electron chi connectivity index (χ4n) is 3.79. The Kier molecular flexibility index (Phi) is 10.4. The molecule has 9 nitrogen and oxygen atoms in total. The minimum atomic E-state index is -5.08. The summed E-state index contributed by atoms with van der Waals surface area (Å²) >= 11 is 3.29. The number of carbonyl (C=O) groups excluding carboxylic acids is 2. The van der Waals surface area contributed by atoms with Crippen molar-refractivity contribution in [1.82, 2.24) is 0 Å². The lowest BCUT2D eigenvalue weighted by Crippen LogP contribution is -2.39. The molecule has 2 rings (SSSR count). The molecule has 0 aliphatic carbocycles. The molecule has 36 heavy (non-hydrogen) atoms. The average molecular weight is 579 g/mol. The number of alkyl halides is 4. The summed E-state index contributed by atoms with van der Waals surface area (Å²) in [7, 11) is 0. The first-order valence-corrected chi connectivity index (χ1v) is 12.3. The summed E-state index contributed by atoms with van der Waals surface area (Å²) in [5.41, 5.74) is -3.37. The number of hydrogen-bond acceptors (Lipinski definition) is 8. The van der Waals surface area contributed by atoms with E-state index in [4.69, 9.17) is 14.2 Å². The Bertz CT molecular complexity index is 1060. The lowest BCUT2D eigenvalue weighted by atomic mass is 9.75. The van der Waals surface area contributed by atoms with E-state index < -0.39 is 51.8 Å². The molecule has 0 saturated carbocycles. The summed E-state index contributed by atoms with van der Waals surface area (Å²) in [6.45, 7) is 3.92. The SMILES string of the molecule is CCOC(=O)C1=C(C(F)(F)F)N=C(C)C(C(=O)OCC)C1c1cc([N+](=O)[O-])ccc1OCCCCBr. The minimum absolute atomic E-state index is 0.00695. The molecule has 1 heterocycles. The zero-order valence-electron chi connectivity index (χ0n) is 19.9. The molecule has 0 aromatic heterocycles. The van der Waals surface area contributed by atoms with E-state index >= 15 is 0 Å². The van der Waals surface area contributed by atoms with Crippen molar-refractivity contribution in [3.05, 3.63) is 45.1 Å². The van der Waals surface area contributed by atoms with Crippen LogP contribution in [0.2, 0.25) is 0 Å². The second kappa shape index (κ2) is 12.8. The number of carbonyl (C=O) groups is 2. The smallest absolute Gasteiger partial charge is 0.433 e. The van der Waals surface area contributed by atoms with Gasteiger partial charge in [0.05, 0.1) is 30.3 Å². The maximum Gasteiger partial charge on any atom is 0.433 e. The van der Waals surface area contributed by atoms with Crippen LogP contribution in [0.15, 0.2) is 34.5 Å². The van der Waals surface area contributed by atoms with E-state index in [-0.39, 0.29) is 36.8 Å². The van der Waals surface area contributed by atoms with Crippen LogP contribution in [0.25, 0.3) is 0 Å². The third-order valence-corrected chi connectivity index (χ3v) is 5.83. The highest BCUT2D eigenvalue weighted by Gasteiger charge is 2.50. The molecule has 1 aromatic carbocycles. The third-order valence-electron chi connectivity index (χ3n) is 5.27. The average Bonchev–Trinajstić information content (AvgIpc) is 2.80. The molecule has 1 aliphatic rings. The van der Waals surface area contributed by atoms with Crippen molar-refractivity contribution >= 4 is 39.3 Å². The summed E-state index contributed by atoms with van der Waals surface area (Å²) in [4.78, 5) is 40.2. The lowest BCUT2D eigenvalue weighted by Gasteiger charge is -2.33. The lowest BCUT2D eigenvalue weighted by molar-refractivity contribution is -0.385. The highest BCUT2D eigenvalue weighted by molar-refractivity contribution is 9.09. The van der Waals surface area contributed by atoms with Crippen molar-refractivity contribution in [2.45, 2.75) is 45.7 Å². The number of rotatable bonds is 11. The normalized spacial score (nSPS) is 17.9. The van der Waals surface area contributed by atoms with Crippen LogP contribution in [0.1, 0.15) is 45.1 Å². The fraction of sp³-hybridized carbons (Fsp3) is 0.522. The van der Waals surface area contributed by atoms with Gasteiger partial charge in [-0.05, 0) is 39.7 Å². The van der Waals surface area contributed by atoms with Crippen molar-refractivity contribution in [2.75, 3.05) is 25.2 Å². The number of aliphatic imine (C=N–C) groups is 1. The van der Waals surface area contributed by atoms with Crippen LogP contribution in [-0.2, 0) is 19.1 Å². The third kappa shape index (κ3) is 6.83. The Labute approximate surface area is 214 Å². The van der Waals surface area contributed by atoms with Crippen molar-refractivity contribution in [3.63, 3.8) is 0 Å². The fourth-order valence-corrected chi connectivity index (χ4v) is 4.18. The maximum atomic E-state index is 14.1. The van der Waals surface area contributed by atoms with E-state index in [0.29, 0.717) is 11.8 Å². The Morgan fingerprint density at radius 3 is 2.39 bits per heavy atom. The number of unbranched alkanes of at least 4 members (excludes halogenated alkanes) is 1. The number of non-ortho nitro benzene ring substituents is 1. The van der Waals surface area contributed by atoms with Crippen LogP contribution in [0.5, 0.6) is 5.75 Å². The van der Waals surface area contributed by atoms with Gasteiger partial charge >= 0.3 is 18.1 Å². The molecule has 2 unspecified atom stereocenters. The van der Waals surface area contributed by atoms with Gasteiger partial charge in [-0.2, -0.15) is 13.2 Å². The summed E-state index contributed by atoms with van der Waals surface area (Å²) in [5.74, 6) is -5.45. The number of nitrogens with zero attached hydrogens (tertiary/aromatic N) is 2. The molecule has 198 valence electrons. The topological polar surface area (TPSA) is 117 Å². The zero-order valence-corrected chi connectivity index (χ0v) is 21.5. The number of halogens is 4. The number of nitro benzene ring substituents is 1. The van der Waals surface area contributed by atoms with Gasteiger partial charge in [-0.3, -0.25) is 19.9 Å². The van der Waals surface area contributed by atoms with Crippen LogP contribution in [0, 0.1) is 16.0 Å². The quantitative estimate of drug-likeness (QED) is 0.115. The molecule has 0 saturated heterocycles.